The highest BCUT2D eigenvalue weighted by Gasteiger charge is 2.26. The summed E-state index contributed by atoms with van der Waals surface area (Å²) in [7, 11) is 1.67. The normalized spacial score (nSPS) is 13.9. The molecular formula is C47H93NO7P+. The van der Waals surface area contributed by atoms with Gasteiger partial charge in [-0.15, -0.1) is 0 Å². The number of nitrogens with zero attached hydrogens (tertiary/aromatic N) is 1. The molecule has 0 radical (unpaired) electrons. The van der Waals surface area contributed by atoms with Crippen LogP contribution in [0, 0.1) is 0 Å². The first kappa shape index (κ1) is 55.0. The number of hydrogen-bond acceptors (Lipinski definition) is 6. The number of carbonyl (C=O) groups is 1. The van der Waals surface area contributed by atoms with Gasteiger partial charge in [-0.1, -0.05) is 167 Å². The smallest absolute Gasteiger partial charge is 0.457 e. The van der Waals surface area contributed by atoms with E-state index in [4.69, 9.17) is 18.5 Å². The lowest BCUT2D eigenvalue weighted by molar-refractivity contribution is -0.870. The average molecular weight is 815 g/mol. The van der Waals surface area contributed by atoms with Crippen LogP contribution in [0.25, 0.3) is 0 Å². The standard InChI is InChI=1S/C47H92NO7P/c1-6-8-10-12-14-16-18-20-21-22-23-24-25-26-27-28-29-31-33-35-37-39-42-52-44-46(45-54-56(50,51)53-43-41-48(3,4)5)55-47(49)40-38-36-34-32-30-19-17-15-13-11-9-7-2/h15,17,22-23,46H,6-14,16,18-21,24-45H2,1-5H3/p+1/b17-15-,23-22-. The van der Waals surface area contributed by atoms with E-state index in [1.54, 1.807) is 0 Å². The number of carbonyl (C=O) groups excluding carboxylic acids is 1. The molecule has 0 aliphatic heterocycles. The lowest BCUT2D eigenvalue weighted by Gasteiger charge is -2.24. The Morgan fingerprint density at radius 1 is 0.536 bits per heavy atom. The van der Waals surface area contributed by atoms with Gasteiger partial charge in [-0.25, -0.2) is 4.57 Å². The molecule has 0 amide bonds. The number of phosphoric acid groups is 1. The van der Waals surface area contributed by atoms with Crippen LogP contribution in [0.5, 0.6) is 0 Å². The van der Waals surface area contributed by atoms with E-state index in [0.29, 0.717) is 24.1 Å². The molecule has 56 heavy (non-hydrogen) atoms. The van der Waals surface area contributed by atoms with Gasteiger partial charge in [0.25, 0.3) is 0 Å². The lowest BCUT2D eigenvalue weighted by atomic mass is 10.1. The second kappa shape index (κ2) is 40.7. The molecule has 0 spiro atoms. The summed E-state index contributed by atoms with van der Waals surface area (Å²) in [6.07, 6.45) is 46.5. The number of phosphoric ester groups is 1. The van der Waals surface area contributed by atoms with Crippen LogP contribution in [-0.4, -0.2) is 75.6 Å². The minimum absolute atomic E-state index is 0.0881. The molecule has 0 rings (SSSR count). The zero-order valence-electron chi connectivity index (χ0n) is 37.6. The Labute approximate surface area is 347 Å². The van der Waals surface area contributed by atoms with Crippen LogP contribution in [0.15, 0.2) is 24.3 Å². The number of rotatable bonds is 44. The van der Waals surface area contributed by atoms with Gasteiger partial charge in [0.05, 0.1) is 34.4 Å². The summed E-state index contributed by atoms with van der Waals surface area (Å²) in [5.74, 6) is -0.322. The predicted octanol–water partition coefficient (Wildman–Crippen LogP) is 14.0. The van der Waals surface area contributed by atoms with Gasteiger partial charge in [-0.3, -0.25) is 13.8 Å². The van der Waals surface area contributed by atoms with Gasteiger partial charge in [0, 0.05) is 13.0 Å². The molecule has 0 bridgehead atoms. The maximum Gasteiger partial charge on any atom is 0.472 e. The lowest BCUT2D eigenvalue weighted by Crippen LogP contribution is -2.37. The third kappa shape index (κ3) is 44.1. The molecule has 0 aliphatic carbocycles. The monoisotopic (exact) mass is 815 g/mol. The summed E-state index contributed by atoms with van der Waals surface area (Å²) in [5.41, 5.74) is 0. The molecule has 0 saturated heterocycles. The maximum atomic E-state index is 12.7. The maximum absolute atomic E-state index is 12.7. The van der Waals surface area contributed by atoms with Crippen LogP contribution in [0.1, 0.15) is 213 Å². The van der Waals surface area contributed by atoms with Gasteiger partial charge in [0.2, 0.25) is 0 Å². The van der Waals surface area contributed by atoms with E-state index in [0.717, 1.165) is 44.9 Å². The molecule has 0 aromatic rings. The van der Waals surface area contributed by atoms with Crippen molar-refractivity contribution in [3.8, 4) is 0 Å². The van der Waals surface area contributed by atoms with Gasteiger partial charge in [0.1, 0.15) is 19.3 Å². The Kier molecular flexibility index (Phi) is 40.0. The van der Waals surface area contributed by atoms with E-state index in [9.17, 15) is 14.3 Å². The van der Waals surface area contributed by atoms with Crippen molar-refractivity contribution in [1.82, 2.24) is 0 Å². The van der Waals surface area contributed by atoms with Crippen LogP contribution >= 0.6 is 7.82 Å². The predicted molar refractivity (Wildman–Crippen MR) is 238 cm³/mol. The van der Waals surface area contributed by atoms with Gasteiger partial charge < -0.3 is 18.9 Å². The van der Waals surface area contributed by atoms with Gasteiger partial charge in [-0.05, 0) is 64.2 Å². The molecule has 2 unspecified atom stereocenters. The van der Waals surface area contributed by atoms with Gasteiger partial charge >= 0.3 is 13.8 Å². The summed E-state index contributed by atoms with van der Waals surface area (Å²) in [5, 5.41) is 0. The number of ether oxygens (including phenoxy) is 2. The molecule has 0 saturated carbocycles. The van der Waals surface area contributed by atoms with Crippen molar-refractivity contribution in [2.75, 3.05) is 54.1 Å². The summed E-state index contributed by atoms with van der Waals surface area (Å²) in [6, 6.07) is 0. The molecule has 0 heterocycles. The number of likely N-dealkylation sites (N-methyl/N-ethyl adjacent to an activating group) is 1. The molecule has 0 aromatic heterocycles. The Morgan fingerprint density at radius 3 is 1.39 bits per heavy atom. The summed E-state index contributed by atoms with van der Waals surface area (Å²) < 4.78 is 35.0. The molecule has 1 N–H and O–H groups in total. The fraction of sp³-hybridized carbons (Fsp3) is 0.894. The minimum Gasteiger partial charge on any atom is -0.457 e. The SMILES string of the molecule is CCCCC/C=C\CCCCCCCC(=O)OC(COCCCCCCCCCCCC/C=C\CCCCCCCCCC)COP(=O)(O)OCC[N+](C)(C)C. The number of unbranched alkanes of at least 4 members (excludes halogenated alkanes) is 26. The summed E-state index contributed by atoms with van der Waals surface area (Å²) >= 11 is 0. The second-order valence-electron chi connectivity index (χ2n) is 17.1. The minimum atomic E-state index is -4.27. The van der Waals surface area contributed by atoms with Crippen LogP contribution in [0.2, 0.25) is 0 Å². The first-order chi connectivity index (χ1) is 27.1. The fourth-order valence-corrected chi connectivity index (χ4v) is 7.28. The van der Waals surface area contributed by atoms with E-state index in [2.05, 4.69) is 38.2 Å². The second-order valence-corrected chi connectivity index (χ2v) is 18.6. The van der Waals surface area contributed by atoms with E-state index in [1.165, 1.54) is 148 Å². The highest BCUT2D eigenvalue weighted by Crippen LogP contribution is 2.43. The van der Waals surface area contributed by atoms with Gasteiger partial charge in [0.15, 0.2) is 0 Å². The number of hydrogen-bond donors (Lipinski definition) is 1. The zero-order chi connectivity index (χ0) is 41.3. The van der Waals surface area contributed by atoms with Crippen molar-refractivity contribution < 1.29 is 37.3 Å². The molecule has 0 aliphatic rings. The number of quaternary nitrogens is 1. The van der Waals surface area contributed by atoms with Crippen LogP contribution in [0.4, 0.5) is 0 Å². The fourth-order valence-electron chi connectivity index (χ4n) is 6.54. The molecule has 0 fully saturated rings. The van der Waals surface area contributed by atoms with Gasteiger partial charge in [-0.2, -0.15) is 0 Å². The first-order valence-corrected chi connectivity index (χ1v) is 25.1. The molecule has 8 nitrogen and oxygen atoms in total. The van der Waals surface area contributed by atoms with E-state index >= 15 is 0 Å². The Balaban J connectivity index is 4.11. The molecule has 332 valence electrons. The van der Waals surface area contributed by atoms with Crippen LogP contribution in [0.3, 0.4) is 0 Å². The molecule has 9 heteroatoms. The topological polar surface area (TPSA) is 91.3 Å². The number of esters is 1. The largest absolute Gasteiger partial charge is 0.472 e. The zero-order valence-corrected chi connectivity index (χ0v) is 38.5. The van der Waals surface area contributed by atoms with Crippen LogP contribution in [-0.2, 0) is 27.9 Å². The Morgan fingerprint density at radius 2 is 0.929 bits per heavy atom. The Hall–Kier alpha value is -1.02. The van der Waals surface area contributed by atoms with E-state index < -0.39 is 13.9 Å². The Bertz CT molecular complexity index is 951. The molecule has 2 atom stereocenters. The van der Waals surface area contributed by atoms with Crippen LogP contribution < -0.4 is 0 Å². The van der Waals surface area contributed by atoms with Crippen molar-refractivity contribution in [3.05, 3.63) is 24.3 Å². The number of allylic oxidation sites excluding steroid dienone is 4. The van der Waals surface area contributed by atoms with Crippen molar-refractivity contribution >= 4 is 13.8 Å². The summed E-state index contributed by atoms with van der Waals surface area (Å²) in [4.78, 5) is 22.9. The first-order valence-electron chi connectivity index (χ1n) is 23.6. The highest BCUT2D eigenvalue weighted by atomic mass is 31.2. The van der Waals surface area contributed by atoms with Crippen molar-refractivity contribution in [2.24, 2.45) is 0 Å². The summed E-state index contributed by atoms with van der Waals surface area (Å²) in [6.45, 7) is 5.61. The van der Waals surface area contributed by atoms with Crippen molar-refractivity contribution in [1.29, 1.82) is 0 Å². The third-order valence-electron chi connectivity index (χ3n) is 10.2. The average Bonchev–Trinajstić information content (AvgIpc) is 3.15. The third-order valence-corrected chi connectivity index (χ3v) is 11.2. The molecule has 0 aromatic carbocycles. The molecular weight excluding hydrogens is 721 g/mol. The van der Waals surface area contributed by atoms with Crippen molar-refractivity contribution in [2.45, 2.75) is 219 Å². The highest BCUT2D eigenvalue weighted by molar-refractivity contribution is 7.47. The van der Waals surface area contributed by atoms with Crippen molar-refractivity contribution in [3.63, 3.8) is 0 Å². The quantitative estimate of drug-likeness (QED) is 0.0215. The van der Waals surface area contributed by atoms with E-state index in [-0.39, 0.29) is 25.8 Å². The van der Waals surface area contributed by atoms with E-state index in [1.807, 2.05) is 21.1 Å².